The van der Waals surface area contributed by atoms with Crippen molar-refractivity contribution in [1.29, 1.82) is 0 Å². The molecule has 0 saturated carbocycles. The summed E-state index contributed by atoms with van der Waals surface area (Å²) in [6, 6.07) is 2.90. The summed E-state index contributed by atoms with van der Waals surface area (Å²) >= 11 is 0. The normalized spacial score (nSPS) is 19.2. The molecular weight excluding hydrogens is 208 g/mol. The van der Waals surface area contributed by atoms with Gasteiger partial charge in [0.25, 0.3) is 0 Å². The highest BCUT2D eigenvalue weighted by atomic mass is 16.5. The lowest BCUT2D eigenvalue weighted by Gasteiger charge is -2.31. The van der Waals surface area contributed by atoms with Crippen LogP contribution in [0.1, 0.15) is 11.6 Å². The molecule has 0 aliphatic carbocycles. The Balaban J connectivity index is 2.20. The minimum Gasteiger partial charge on any atom is -0.480 e. The van der Waals surface area contributed by atoms with Crippen molar-refractivity contribution in [2.24, 2.45) is 0 Å². The molecular formula is C11H14N2O3. The molecule has 86 valence electrons. The molecule has 1 aromatic heterocycles. The molecule has 1 fully saturated rings. The first-order valence-corrected chi connectivity index (χ1v) is 5.23. The molecule has 1 atom stereocenters. The van der Waals surface area contributed by atoms with E-state index in [0.717, 1.165) is 5.56 Å². The Morgan fingerprint density at radius 1 is 1.38 bits per heavy atom. The zero-order valence-electron chi connectivity index (χ0n) is 8.87. The number of pyridine rings is 1. The Bertz CT molecular complexity index is 350. The highest BCUT2D eigenvalue weighted by Gasteiger charge is 2.28. The van der Waals surface area contributed by atoms with E-state index in [4.69, 9.17) is 4.74 Å². The van der Waals surface area contributed by atoms with E-state index in [0.29, 0.717) is 26.3 Å². The summed E-state index contributed by atoms with van der Waals surface area (Å²) in [5.41, 5.74) is 0.768. The summed E-state index contributed by atoms with van der Waals surface area (Å²) in [6.45, 7) is 2.49. The number of carbonyl (C=O) groups is 1. The van der Waals surface area contributed by atoms with Crippen LogP contribution >= 0.6 is 0 Å². The Morgan fingerprint density at radius 3 is 2.56 bits per heavy atom. The van der Waals surface area contributed by atoms with Crippen molar-refractivity contribution in [3.05, 3.63) is 30.1 Å². The van der Waals surface area contributed by atoms with Crippen molar-refractivity contribution < 1.29 is 14.6 Å². The molecule has 5 nitrogen and oxygen atoms in total. The fourth-order valence-electron chi connectivity index (χ4n) is 1.89. The number of ether oxygens (including phenoxy) is 1. The molecule has 2 heterocycles. The lowest BCUT2D eigenvalue weighted by molar-refractivity contribution is -0.145. The minimum absolute atomic E-state index is 0.591. The van der Waals surface area contributed by atoms with E-state index < -0.39 is 12.0 Å². The Morgan fingerprint density at radius 2 is 2.00 bits per heavy atom. The number of hydrogen-bond donors (Lipinski definition) is 1. The zero-order chi connectivity index (χ0) is 11.4. The number of aliphatic carboxylic acids is 1. The smallest absolute Gasteiger partial charge is 0.325 e. The van der Waals surface area contributed by atoms with Crippen LogP contribution in [0.4, 0.5) is 0 Å². The standard InChI is InChI=1S/C11H14N2O3/c14-11(15)10(9-1-3-12-4-2-9)13-5-7-16-8-6-13/h1-4,10H,5-8H2,(H,14,15)/t10-/m0/s1. The maximum Gasteiger partial charge on any atom is 0.325 e. The molecule has 2 rings (SSSR count). The van der Waals surface area contributed by atoms with E-state index in [1.807, 2.05) is 4.90 Å². The van der Waals surface area contributed by atoms with Gasteiger partial charge >= 0.3 is 5.97 Å². The van der Waals surface area contributed by atoms with Crippen LogP contribution < -0.4 is 0 Å². The topological polar surface area (TPSA) is 62.7 Å². The summed E-state index contributed by atoms with van der Waals surface area (Å²) in [7, 11) is 0. The van der Waals surface area contributed by atoms with Gasteiger partial charge in [-0.3, -0.25) is 14.7 Å². The van der Waals surface area contributed by atoms with Crippen LogP contribution in [0.25, 0.3) is 0 Å². The molecule has 16 heavy (non-hydrogen) atoms. The number of carboxylic acids is 1. The van der Waals surface area contributed by atoms with Gasteiger partial charge in [-0.05, 0) is 17.7 Å². The number of morpholine rings is 1. The summed E-state index contributed by atoms with van der Waals surface area (Å²) in [6.07, 6.45) is 3.23. The van der Waals surface area contributed by atoms with Gasteiger partial charge in [0.2, 0.25) is 0 Å². The first kappa shape index (κ1) is 11.0. The fraction of sp³-hybridized carbons (Fsp3) is 0.455. The number of hydrogen-bond acceptors (Lipinski definition) is 4. The number of nitrogens with zero attached hydrogens (tertiary/aromatic N) is 2. The summed E-state index contributed by atoms with van der Waals surface area (Å²) in [4.78, 5) is 17.1. The number of rotatable bonds is 3. The zero-order valence-corrected chi connectivity index (χ0v) is 8.87. The maximum absolute atomic E-state index is 11.3. The second-order valence-electron chi connectivity index (χ2n) is 3.67. The van der Waals surface area contributed by atoms with Crippen LogP contribution in [0.15, 0.2) is 24.5 Å². The lowest BCUT2D eigenvalue weighted by atomic mass is 10.1. The molecule has 1 aliphatic heterocycles. The molecule has 0 radical (unpaired) electrons. The molecule has 1 aromatic rings. The predicted molar refractivity (Wildman–Crippen MR) is 57.0 cm³/mol. The van der Waals surface area contributed by atoms with Gasteiger partial charge in [0.1, 0.15) is 6.04 Å². The SMILES string of the molecule is O=C(O)[C@H](c1ccncc1)N1CCOCC1. The van der Waals surface area contributed by atoms with Crippen molar-refractivity contribution in [1.82, 2.24) is 9.88 Å². The Kier molecular flexibility index (Phi) is 3.48. The van der Waals surface area contributed by atoms with Gasteiger partial charge in [0.05, 0.1) is 13.2 Å². The molecule has 0 spiro atoms. The van der Waals surface area contributed by atoms with Crippen molar-refractivity contribution in [2.45, 2.75) is 6.04 Å². The van der Waals surface area contributed by atoms with E-state index in [1.54, 1.807) is 24.5 Å². The third-order valence-electron chi connectivity index (χ3n) is 2.67. The summed E-state index contributed by atoms with van der Waals surface area (Å²) < 4.78 is 5.22. The Labute approximate surface area is 93.7 Å². The van der Waals surface area contributed by atoms with E-state index in [1.165, 1.54) is 0 Å². The minimum atomic E-state index is -0.826. The predicted octanol–water partition coefficient (Wildman–Crippen LogP) is 0.540. The fourth-order valence-corrected chi connectivity index (χ4v) is 1.89. The van der Waals surface area contributed by atoms with Crippen LogP contribution in [-0.2, 0) is 9.53 Å². The van der Waals surface area contributed by atoms with Crippen LogP contribution in [-0.4, -0.2) is 47.3 Å². The molecule has 0 unspecified atom stereocenters. The van der Waals surface area contributed by atoms with Crippen LogP contribution in [0.2, 0.25) is 0 Å². The summed E-state index contributed by atoms with van der Waals surface area (Å²) in [5.74, 6) is -0.826. The van der Waals surface area contributed by atoms with Gasteiger partial charge in [-0.1, -0.05) is 0 Å². The second-order valence-corrected chi connectivity index (χ2v) is 3.67. The van der Waals surface area contributed by atoms with Crippen molar-refractivity contribution >= 4 is 5.97 Å². The van der Waals surface area contributed by atoms with E-state index in [2.05, 4.69) is 4.98 Å². The summed E-state index contributed by atoms with van der Waals surface area (Å²) in [5, 5.41) is 9.28. The van der Waals surface area contributed by atoms with Crippen molar-refractivity contribution in [3.63, 3.8) is 0 Å². The second kappa shape index (κ2) is 5.05. The van der Waals surface area contributed by atoms with Gasteiger partial charge < -0.3 is 9.84 Å². The number of carboxylic acid groups (broad SMARTS) is 1. The Hall–Kier alpha value is -1.46. The average molecular weight is 222 g/mol. The first-order valence-electron chi connectivity index (χ1n) is 5.23. The largest absolute Gasteiger partial charge is 0.480 e. The molecule has 5 heteroatoms. The number of aromatic nitrogens is 1. The van der Waals surface area contributed by atoms with Gasteiger partial charge in [-0.2, -0.15) is 0 Å². The third kappa shape index (κ3) is 2.37. The molecule has 1 N–H and O–H groups in total. The average Bonchev–Trinajstić information content (AvgIpc) is 2.31. The quantitative estimate of drug-likeness (QED) is 0.808. The molecule has 1 saturated heterocycles. The van der Waals surface area contributed by atoms with E-state index in [-0.39, 0.29) is 0 Å². The van der Waals surface area contributed by atoms with E-state index >= 15 is 0 Å². The van der Waals surface area contributed by atoms with Crippen LogP contribution in [0.5, 0.6) is 0 Å². The maximum atomic E-state index is 11.3. The van der Waals surface area contributed by atoms with Crippen molar-refractivity contribution in [2.75, 3.05) is 26.3 Å². The molecule has 1 aliphatic rings. The third-order valence-corrected chi connectivity index (χ3v) is 2.67. The van der Waals surface area contributed by atoms with Gasteiger partial charge in [-0.25, -0.2) is 0 Å². The van der Waals surface area contributed by atoms with Gasteiger partial charge in [0.15, 0.2) is 0 Å². The molecule has 0 amide bonds. The highest BCUT2D eigenvalue weighted by molar-refractivity contribution is 5.75. The monoisotopic (exact) mass is 222 g/mol. The molecule has 0 bridgehead atoms. The highest BCUT2D eigenvalue weighted by Crippen LogP contribution is 2.21. The van der Waals surface area contributed by atoms with Crippen molar-refractivity contribution in [3.8, 4) is 0 Å². The molecule has 0 aromatic carbocycles. The van der Waals surface area contributed by atoms with Crippen LogP contribution in [0, 0.1) is 0 Å². The van der Waals surface area contributed by atoms with Crippen LogP contribution in [0.3, 0.4) is 0 Å². The van der Waals surface area contributed by atoms with Gasteiger partial charge in [0, 0.05) is 25.5 Å². The van der Waals surface area contributed by atoms with Gasteiger partial charge in [-0.15, -0.1) is 0 Å². The first-order chi connectivity index (χ1) is 7.79. The lowest BCUT2D eigenvalue weighted by Crippen LogP contribution is -2.42. The van der Waals surface area contributed by atoms with E-state index in [9.17, 15) is 9.90 Å².